The van der Waals surface area contributed by atoms with Crippen molar-refractivity contribution in [3.63, 3.8) is 0 Å². The van der Waals surface area contributed by atoms with Crippen LogP contribution in [0.1, 0.15) is 12.5 Å². The van der Waals surface area contributed by atoms with Gasteiger partial charge in [-0.3, -0.25) is 0 Å². The van der Waals surface area contributed by atoms with Crippen LogP contribution in [-0.2, 0) is 6.42 Å². The van der Waals surface area contributed by atoms with E-state index in [2.05, 4.69) is 6.92 Å². The minimum absolute atomic E-state index is 0.502. The molecule has 0 spiro atoms. The number of hydrogen-bond acceptors (Lipinski definition) is 4. The van der Waals surface area contributed by atoms with Gasteiger partial charge in [-0.2, -0.15) is 0 Å². The van der Waals surface area contributed by atoms with E-state index in [4.69, 9.17) is 19.9 Å². The molecule has 4 nitrogen and oxygen atoms in total. The van der Waals surface area contributed by atoms with Crippen LogP contribution in [0.3, 0.4) is 0 Å². The van der Waals surface area contributed by atoms with Crippen molar-refractivity contribution in [2.24, 2.45) is 0 Å². The number of nitrogens with two attached hydrogens (primary N) is 1. The molecule has 106 valence electrons. The number of hydrogen-bond donors (Lipinski definition) is 1. The van der Waals surface area contributed by atoms with Gasteiger partial charge in [0, 0.05) is 12.1 Å². The number of nitrogen functional groups attached to an aromatic ring is 1. The van der Waals surface area contributed by atoms with Crippen molar-refractivity contribution in [3.05, 3.63) is 42.0 Å². The van der Waals surface area contributed by atoms with Crippen molar-refractivity contribution in [2.75, 3.05) is 20.0 Å². The third-order valence-electron chi connectivity index (χ3n) is 3.08. The normalized spacial score (nSPS) is 10.2. The third-order valence-corrected chi connectivity index (χ3v) is 3.08. The Labute approximate surface area is 119 Å². The highest BCUT2D eigenvalue weighted by molar-refractivity contribution is 5.62. The first kappa shape index (κ1) is 14.1. The smallest absolute Gasteiger partial charge is 0.164 e. The average molecular weight is 273 g/mol. The molecule has 0 aliphatic heterocycles. The fourth-order valence-corrected chi connectivity index (χ4v) is 1.88. The maximum atomic E-state index is 5.96. The van der Waals surface area contributed by atoms with Gasteiger partial charge in [-0.15, -0.1) is 0 Å². The minimum Gasteiger partial charge on any atom is -0.493 e. The Kier molecular flexibility index (Phi) is 4.35. The molecular formula is C16H19NO3. The molecule has 0 aromatic heterocycles. The number of anilines is 1. The summed E-state index contributed by atoms with van der Waals surface area (Å²) < 4.78 is 16.2. The summed E-state index contributed by atoms with van der Waals surface area (Å²) in [4.78, 5) is 0. The molecule has 0 saturated heterocycles. The first-order valence-corrected chi connectivity index (χ1v) is 6.46. The van der Waals surface area contributed by atoms with E-state index < -0.39 is 0 Å². The van der Waals surface area contributed by atoms with Crippen molar-refractivity contribution in [3.8, 4) is 23.0 Å². The molecule has 0 aliphatic carbocycles. The predicted molar refractivity (Wildman–Crippen MR) is 79.9 cm³/mol. The van der Waals surface area contributed by atoms with E-state index in [1.54, 1.807) is 26.4 Å². The largest absolute Gasteiger partial charge is 0.493 e. The van der Waals surface area contributed by atoms with Gasteiger partial charge >= 0.3 is 0 Å². The summed E-state index contributed by atoms with van der Waals surface area (Å²) in [6.07, 6.45) is 0.999. The van der Waals surface area contributed by atoms with Crippen molar-refractivity contribution in [2.45, 2.75) is 13.3 Å². The van der Waals surface area contributed by atoms with Crippen molar-refractivity contribution in [1.29, 1.82) is 0 Å². The quantitative estimate of drug-likeness (QED) is 0.845. The summed E-state index contributed by atoms with van der Waals surface area (Å²) in [5.41, 5.74) is 7.73. The van der Waals surface area contributed by atoms with E-state index in [1.807, 2.05) is 24.3 Å². The zero-order valence-corrected chi connectivity index (χ0v) is 12.0. The van der Waals surface area contributed by atoms with Crippen LogP contribution in [0, 0.1) is 0 Å². The summed E-state index contributed by atoms with van der Waals surface area (Å²) in [7, 11) is 3.15. The lowest BCUT2D eigenvalue weighted by molar-refractivity contribution is 0.352. The summed E-state index contributed by atoms with van der Waals surface area (Å²) >= 11 is 0. The van der Waals surface area contributed by atoms with E-state index in [9.17, 15) is 0 Å². The standard InChI is InChI=1S/C16H19NO3/c1-4-11-5-7-12(8-6-11)20-14-10-16(19-3)15(18-2)9-13(14)17/h5-10H,4,17H2,1-3H3. The van der Waals surface area contributed by atoms with Crippen LogP contribution in [0.4, 0.5) is 5.69 Å². The first-order chi connectivity index (χ1) is 9.67. The second-order valence-corrected chi connectivity index (χ2v) is 4.34. The van der Waals surface area contributed by atoms with Gasteiger partial charge in [0.05, 0.1) is 19.9 Å². The van der Waals surface area contributed by atoms with E-state index in [1.165, 1.54) is 5.56 Å². The van der Waals surface area contributed by atoms with Gasteiger partial charge in [0.2, 0.25) is 0 Å². The molecule has 0 aliphatic rings. The van der Waals surface area contributed by atoms with Crippen molar-refractivity contribution >= 4 is 5.69 Å². The van der Waals surface area contributed by atoms with Crippen LogP contribution < -0.4 is 19.9 Å². The fourth-order valence-electron chi connectivity index (χ4n) is 1.88. The van der Waals surface area contributed by atoms with Crippen molar-refractivity contribution in [1.82, 2.24) is 0 Å². The molecule has 0 amide bonds. The number of benzene rings is 2. The topological polar surface area (TPSA) is 53.7 Å². The molecule has 4 heteroatoms. The van der Waals surface area contributed by atoms with E-state index >= 15 is 0 Å². The Morgan fingerprint density at radius 1 is 0.900 bits per heavy atom. The lowest BCUT2D eigenvalue weighted by Crippen LogP contribution is -1.97. The third kappa shape index (κ3) is 2.96. The molecule has 0 saturated carbocycles. The highest BCUT2D eigenvalue weighted by atomic mass is 16.5. The van der Waals surface area contributed by atoms with Gasteiger partial charge < -0.3 is 19.9 Å². The Bertz CT molecular complexity index is 579. The average Bonchev–Trinajstić information content (AvgIpc) is 2.49. The number of methoxy groups -OCH3 is 2. The molecule has 0 atom stereocenters. The molecule has 20 heavy (non-hydrogen) atoms. The highest BCUT2D eigenvalue weighted by Crippen LogP contribution is 2.38. The number of ether oxygens (including phenoxy) is 3. The maximum absolute atomic E-state index is 5.96. The summed E-state index contributed by atoms with van der Waals surface area (Å²) in [6.45, 7) is 2.11. The molecule has 2 rings (SSSR count). The predicted octanol–water partition coefficient (Wildman–Crippen LogP) is 3.64. The summed E-state index contributed by atoms with van der Waals surface area (Å²) in [5.74, 6) is 2.45. The maximum Gasteiger partial charge on any atom is 0.164 e. The van der Waals surface area contributed by atoms with Gasteiger partial charge in [0.1, 0.15) is 5.75 Å². The van der Waals surface area contributed by atoms with Crippen LogP contribution in [0.5, 0.6) is 23.0 Å². The first-order valence-electron chi connectivity index (χ1n) is 6.46. The van der Waals surface area contributed by atoms with Gasteiger partial charge in [-0.25, -0.2) is 0 Å². The molecule has 0 radical (unpaired) electrons. The van der Waals surface area contributed by atoms with Crippen LogP contribution in [-0.4, -0.2) is 14.2 Å². The van der Waals surface area contributed by atoms with Crippen LogP contribution in [0.15, 0.2) is 36.4 Å². The molecule has 0 fully saturated rings. The molecule has 0 unspecified atom stereocenters. The number of aryl methyl sites for hydroxylation is 1. The Morgan fingerprint density at radius 3 is 2.05 bits per heavy atom. The van der Waals surface area contributed by atoms with Gasteiger partial charge in [-0.05, 0) is 24.1 Å². The molecule has 0 heterocycles. The zero-order valence-electron chi connectivity index (χ0n) is 12.0. The van der Waals surface area contributed by atoms with Gasteiger partial charge in [-0.1, -0.05) is 19.1 Å². The Hall–Kier alpha value is -2.36. The minimum atomic E-state index is 0.502. The lowest BCUT2D eigenvalue weighted by atomic mass is 10.2. The Morgan fingerprint density at radius 2 is 1.50 bits per heavy atom. The van der Waals surface area contributed by atoms with Crippen molar-refractivity contribution < 1.29 is 14.2 Å². The molecule has 0 bridgehead atoms. The molecule has 2 aromatic carbocycles. The van der Waals surface area contributed by atoms with Gasteiger partial charge in [0.25, 0.3) is 0 Å². The van der Waals surface area contributed by atoms with E-state index in [-0.39, 0.29) is 0 Å². The second kappa shape index (κ2) is 6.19. The van der Waals surface area contributed by atoms with Crippen LogP contribution in [0.2, 0.25) is 0 Å². The van der Waals surface area contributed by atoms with Crippen LogP contribution >= 0.6 is 0 Å². The molecular weight excluding hydrogens is 254 g/mol. The molecule has 2 aromatic rings. The monoisotopic (exact) mass is 273 g/mol. The summed E-state index contributed by atoms with van der Waals surface area (Å²) in [5, 5.41) is 0. The molecule has 2 N–H and O–H groups in total. The van der Waals surface area contributed by atoms with Crippen LogP contribution in [0.25, 0.3) is 0 Å². The Balaban J connectivity index is 2.27. The van der Waals surface area contributed by atoms with E-state index in [0.717, 1.165) is 12.2 Å². The fraction of sp³-hybridized carbons (Fsp3) is 0.250. The summed E-state index contributed by atoms with van der Waals surface area (Å²) in [6, 6.07) is 11.3. The lowest BCUT2D eigenvalue weighted by Gasteiger charge is -2.13. The van der Waals surface area contributed by atoms with E-state index in [0.29, 0.717) is 22.9 Å². The highest BCUT2D eigenvalue weighted by Gasteiger charge is 2.10. The second-order valence-electron chi connectivity index (χ2n) is 4.34. The number of rotatable bonds is 5. The SMILES string of the molecule is CCc1ccc(Oc2cc(OC)c(OC)cc2N)cc1. The van der Waals surface area contributed by atoms with Gasteiger partial charge in [0.15, 0.2) is 17.2 Å². The zero-order chi connectivity index (χ0) is 14.5.